The van der Waals surface area contributed by atoms with E-state index in [-0.39, 0.29) is 37.6 Å². The molecule has 1 aliphatic heterocycles. The fraction of sp³-hybridized carbons (Fsp3) is 0.625. The van der Waals surface area contributed by atoms with Crippen LogP contribution in [-0.2, 0) is 15.7 Å². The van der Waals surface area contributed by atoms with Crippen molar-refractivity contribution in [3.05, 3.63) is 40.1 Å². The third kappa shape index (κ3) is 6.56. The van der Waals surface area contributed by atoms with Gasteiger partial charge in [0.25, 0.3) is 5.56 Å². The van der Waals surface area contributed by atoms with Crippen LogP contribution in [0.1, 0.15) is 57.1 Å². The second-order valence-corrected chi connectivity index (χ2v) is 9.84. The maximum atomic E-state index is 13.2. The number of alkyl halides is 3. The molecule has 37 heavy (non-hydrogen) atoms. The summed E-state index contributed by atoms with van der Waals surface area (Å²) in [6.07, 6.45) is 2.43. The van der Waals surface area contributed by atoms with Gasteiger partial charge in [0.2, 0.25) is 11.9 Å². The van der Waals surface area contributed by atoms with E-state index in [1.54, 1.807) is 12.0 Å². The normalized spacial score (nSPS) is 21.1. The van der Waals surface area contributed by atoms with Gasteiger partial charge in [-0.1, -0.05) is 0 Å². The van der Waals surface area contributed by atoms with Crippen LogP contribution in [0.2, 0.25) is 0 Å². The molecule has 1 aliphatic carbocycles. The Balaban J connectivity index is 1.23. The van der Waals surface area contributed by atoms with Crippen LogP contribution in [0.25, 0.3) is 0 Å². The second kappa shape index (κ2) is 11.0. The highest BCUT2D eigenvalue weighted by molar-refractivity contribution is 5.77. The van der Waals surface area contributed by atoms with Crippen molar-refractivity contribution in [1.29, 1.82) is 0 Å². The van der Waals surface area contributed by atoms with Crippen LogP contribution in [-0.4, -0.2) is 75.4 Å². The molecule has 1 unspecified atom stereocenters. The van der Waals surface area contributed by atoms with Crippen molar-refractivity contribution in [1.82, 2.24) is 25.1 Å². The maximum Gasteiger partial charge on any atom is 0.423 e. The summed E-state index contributed by atoms with van der Waals surface area (Å²) in [5.41, 5.74) is -1.90. The third-order valence-electron chi connectivity index (χ3n) is 6.64. The van der Waals surface area contributed by atoms with Gasteiger partial charge in [-0.05, 0) is 45.1 Å². The fourth-order valence-corrected chi connectivity index (χ4v) is 4.52. The molecule has 13 heteroatoms. The highest BCUT2D eigenvalue weighted by Gasteiger charge is 2.38. The molecule has 2 fully saturated rings. The van der Waals surface area contributed by atoms with E-state index in [4.69, 9.17) is 4.74 Å². The van der Waals surface area contributed by atoms with E-state index in [9.17, 15) is 22.8 Å². The largest absolute Gasteiger partial charge is 0.423 e. The molecule has 10 nitrogen and oxygen atoms in total. The van der Waals surface area contributed by atoms with Crippen LogP contribution in [0.3, 0.4) is 0 Å². The lowest BCUT2D eigenvalue weighted by atomic mass is 10.1. The molecule has 0 radical (unpaired) electrons. The summed E-state index contributed by atoms with van der Waals surface area (Å²) < 4.78 is 45.1. The summed E-state index contributed by atoms with van der Waals surface area (Å²) in [6, 6.07) is -0.545. The molecule has 0 bridgehead atoms. The first-order valence-corrected chi connectivity index (χ1v) is 12.4. The van der Waals surface area contributed by atoms with E-state index in [1.165, 1.54) is 18.4 Å². The van der Waals surface area contributed by atoms with Gasteiger partial charge in [0, 0.05) is 43.6 Å². The summed E-state index contributed by atoms with van der Waals surface area (Å²) in [5.74, 6) is 1.21. The van der Waals surface area contributed by atoms with Crippen molar-refractivity contribution >= 4 is 17.5 Å². The Morgan fingerprint density at radius 2 is 1.89 bits per heavy atom. The van der Waals surface area contributed by atoms with Gasteiger partial charge in [-0.3, -0.25) is 9.59 Å². The number of rotatable bonds is 9. The third-order valence-corrected chi connectivity index (χ3v) is 6.64. The van der Waals surface area contributed by atoms with Crippen molar-refractivity contribution in [2.75, 3.05) is 36.5 Å². The van der Waals surface area contributed by atoms with Gasteiger partial charge in [-0.2, -0.15) is 18.3 Å². The number of halogens is 3. The molecule has 202 valence electrons. The van der Waals surface area contributed by atoms with Crippen LogP contribution in [0.4, 0.5) is 24.8 Å². The Morgan fingerprint density at radius 1 is 1.19 bits per heavy atom. The van der Waals surface area contributed by atoms with Crippen LogP contribution in [0.15, 0.2) is 23.4 Å². The van der Waals surface area contributed by atoms with Gasteiger partial charge in [0.15, 0.2) is 0 Å². The number of carbonyl (C=O) groups excluding carboxylic acids is 1. The summed E-state index contributed by atoms with van der Waals surface area (Å²) in [4.78, 5) is 37.5. The molecule has 2 N–H and O–H groups in total. The SMILES string of the molecule is CC(COCCC(=O)N1C[C@H](C)N(c2ncc(C3CC3)cn2)C[C@H]1C)Nc1cn[nH]c(=O)c1C(F)(F)F. The first kappa shape index (κ1) is 26.8. The number of H-pyrrole nitrogens is 1. The molecular weight excluding hydrogens is 491 g/mol. The predicted molar refractivity (Wildman–Crippen MR) is 130 cm³/mol. The summed E-state index contributed by atoms with van der Waals surface area (Å²) in [6.45, 7) is 6.95. The fourth-order valence-electron chi connectivity index (χ4n) is 4.52. The zero-order valence-corrected chi connectivity index (χ0v) is 21.1. The first-order valence-electron chi connectivity index (χ1n) is 12.4. The number of ether oxygens (including phenoxy) is 1. The molecule has 2 aliphatic rings. The van der Waals surface area contributed by atoms with Crippen LogP contribution in [0.5, 0.6) is 0 Å². The zero-order chi connectivity index (χ0) is 26.7. The van der Waals surface area contributed by atoms with Gasteiger partial charge in [-0.25, -0.2) is 15.1 Å². The Morgan fingerprint density at radius 3 is 2.54 bits per heavy atom. The molecule has 3 atom stereocenters. The van der Waals surface area contributed by atoms with Crippen LogP contribution >= 0.6 is 0 Å². The van der Waals surface area contributed by atoms with Gasteiger partial charge in [-0.15, -0.1) is 0 Å². The predicted octanol–water partition coefficient (Wildman–Crippen LogP) is 2.79. The molecule has 4 rings (SSSR count). The van der Waals surface area contributed by atoms with Crippen LogP contribution < -0.4 is 15.8 Å². The summed E-state index contributed by atoms with van der Waals surface area (Å²) >= 11 is 0. The average molecular weight is 524 g/mol. The minimum Gasteiger partial charge on any atom is -0.379 e. The van der Waals surface area contributed by atoms with Gasteiger partial charge < -0.3 is 19.9 Å². The molecule has 2 aromatic heterocycles. The van der Waals surface area contributed by atoms with Gasteiger partial charge >= 0.3 is 6.18 Å². The van der Waals surface area contributed by atoms with Crippen molar-refractivity contribution in [2.45, 2.75) is 70.3 Å². The topological polar surface area (TPSA) is 116 Å². The van der Waals surface area contributed by atoms with E-state index in [2.05, 4.69) is 25.3 Å². The monoisotopic (exact) mass is 523 g/mol. The Labute approximate surface area is 212 Å². The lowest BCUT2D eigenvalue weighted by Crippen LogP contribution is -2.58. The number of amides is 1. The summed E-state index contributed by atoms with van der Waals surface area (Å²) in [7, 11) is 0. The number of hydrogen-bond donors (Lipinski definition) is 2. The van der Waals surface area contributed by atoms with E-state index >= 15 is 0 Å². The standard InChI is InChI=1S/C24H32F3N7O3/c1-14(31-19-10-30-32-22(36)21(19)24(25,26)27)13-37-7-6-20(35)33-11-16(3)34(12-15(33)2)23-28-8-18(9-29-23)17-4-5-17/h8-10,14-17H,4-7,11-13H2,1-3H3,(H2,31,32,36)/t14?,15-,16+/m1/s1. The zero-order valence-electron chi connectivity index (χ0n) is 21.1. The number of anilines is 2. The first-order chi connectivity index (χ1) is 17.5. The minimum absolute atomic E-state index is 0.0412. The minimum atomic E-state index is -4.82. The molecular formula is C24H32F3N7O3. The van der Waals surface area contributed by atoms with E-state index in [1.807, 2.05) is 31.1 Å². The van der Waals surface area contributed by atoms with Crippen LogP contribution in [0, 0.1) is 0 Å². The van der Waals surface area contributed by atoms with Crippen molar-refractivity contribution < 1.29 is 22.7 Å². The van der Waals surface area contributed by atoms with Crippen molar-refractivity contribution in [2.24, 2.45) is 0 Å². The molecule has 3 heterocycles. The summed E-state index contributed by atoms with van der Waals surface area (Å²) in [5, 5.41) is 7.84. The molecule has 2 aromatic rings. The Bertz CT molecular complexity index is 1140. The highest BCUT2D eigenvalue weighted by Crippen LogP contribution is 2.39. The molecule has 0 spiro atoms. The number of hydrogen-bond acceptors (Lipinski definition) is 8. The van der Waals surface area contributed by atoms with Crippen molar-refractivity contribution in [3.8, 4) is 0 Å². The number of carbonyl (C=O) groups is 1. The molecule has 1 saturated heterocycles. The highest BCUT2D eigenvalue weighted by atomic mass is 19.4. The van der Waals surface area contributed by atoms with E-state index in [0.717, 1.165) is 6.20 Å². The molecule has 0 aromatic carbocycles. The second-order valence-electron chi connectivity index (χ2n) is 9.84. The lowest BCUT2D eigenvalue weighted by Gasteiger charge is -2.44. The smallest absolute Gasteiger partial charge is 0.379 e. The number of nitrogens with zero attached hydrogens (tertiary/aromatic N) is 5. The number of nitrogens with one attached hydrogen (secondary N) is 2. The average Bonchev–Trinajstić information content (AvgIpc) is 3.68. The Hall–Kier alpha value is -3.22. The van der Waals surface area contributed by atoms with Gasteiger partial charge in [0.05, 0.1) is 31.5 Å². The Kier molecular flexibility index (Phi) is 8.00. The van der Waals surface area contributed by atoms with E-state index < -0.39 is 29.0 Å². The quantitative estimate of drug-likeness (QED) is 0.482. The van der Waals surface area contributed by atoms with E-state index in [0.29, 0.717) is 25.0 Å². The van der Waals surface area contributed by atoms with Gasteiger partial charge in [0.1, 0.15) is 5.56 Å². The number of piperazine rings is 1. The number of aromatic nitrogens is 4. The number of aromatic amines is 1. The maximum absolute atomic E-state index is 13.2. The molecule has 1 amide bonds. The van der Waals surface area contributed by atoms with Crippen molar-refractivity contribution in [3.63, 3.8) is 0 Å². The molecule has 1 saturated carbocycles. The lowest BCUT2D eigenvalue weighted by molar-refractivity contribution is -0.138.